The number of nitrogens with two attached hydrogens (primary N) is 1. The second-order valence-electron chi connectivity index (χ2n) is 8.73. The van der Waals surface area contributed by atoms with Crippen molar-refractivity contribution < 1.29 is 23.6 Å². The minimum atomic E-state index is -1.55. The minimum absolute atomic E-state index is 0.0467. The van der Waals surface area contributed by atoms with E-state index in [1.54, 1.807) is 19.1 Å². The van der Waals surface area contributed by atoms with Gasteiger partial charge in [-0.15, -0.1) is 0 Å². The summed E-state index contributed by atoms with van der Waals surface area (Å²) in [7, 11) is 0. The van der Waals surface area contributed by atoms with Gasteiger partial charge in [0.05, 0.1) is 28.2 Å². The molecule has 4 unspecified atom stereocenters. The monoisotopic (exact) mass is 504 g/mol. The molecular weight excluding hydrogens is 486 g/mol. The number of carbonyl (C=O) groups is 4. The van der Waals surface area contributed by atoms with E-state index < -0.39 is 52.9 Å². The van der Waals surface area contributed by atoms with Gasteiger partial charge in [0.1, 0.15) is 11.4 Å². The van der Waals surface area contributed by atoms with Gasteiger partial charge in [-0.1, -0.05) is 29.3 Å². The van der Waals surface area contributed by atoms with Crippen LogP contribution in [0.1, 0.15) is 24.0 Å². The second kappa shape index (κ2) is 7.76. The lowest BCUT2D eigenvalue weighted by atomic mass is 9.76. The van der Waals surface area contributed by atoms with Crippen molar-refractivity contribution in [2.45, 2.75) is 31.3 Å². The molecule has 1 spiro atoms. The lowest BCUT2D eigenvalue weighted by Gasteiger charge is -2.29. The molecule has 5 rings (SSSR count). The molecule has 0 saturated carbocycles. The Hall–Kier alpha value is -3.01. The zero-order valence-electron chi connectivity index (χ0n) is 17.8. The Kier molecular flexibility index (Phi) is 5.20. The molecule has 4 N–H and O–H groups in total. The van der Waals surface area contributed by atoms with Crippen LogP contribution < -0.4 is 21.3 Å². The lowest BCUT2D eigenvalue weighted by Crippen LogP contribution is -2.53. The largest absolute Gasteiger partial charge is 0.370 e. The first-order valence-electron chi connectivity index (χ1n) is 10.6. The number of amides is 4. The van der Waals surface area contributed by atoms with Crippen LogP contribution in [0, 0.1) is 24.6 Å². The number of carbonyl (C=O) groups excluding carboxylic acids is 4. The highest BCUT2D eigenvalue weighted by atomic mass is 35.5. The Bertz CT molecular complexity index is 1300. The Morgan fingerprint density at radius 1 is 1.15 bits per heavy atom. The van der Waals surface area contributed by atoms with Crippen molar-refractivity contribution >= 4 is 58.2 Å². The molecule has 0 aromatic heterocycles. The van der Waals surface area contributed by atoms with Gasteiger partial charge in [0.25, 0.3) is 0 Å². The zero-order valence-corrected chi connectivity index (χ0v) is 19.3. The van der Waals surface area contributed by atoms with Crippen LogP contribution in [0.4, 0.5) is 15.8 Å². The van der Waals surface area contributed by atoms with Gasteiger partial charge in [-0.05, 0) is 43.2 Å². The molecule has 3 aliphatic rings. The van der Waals surface area contributed by atoms with E-state index in [-0.39, 0.29) is 23.6 Å². The summed E-state index contributed by atoms with van der Waals surface area (Å²) < 4.78 is 13.7. The van der Waals surface area contributed by atoms with E-state index in [0.29, 0.717) is 21.8 Å². The average molecular weight is 505 g/mol. The highest BCUT2D eigenvalue weighted by Gasteiger charge is 2.70. The number of imide groups is 1. The number of halogens is 3. The highest BCUT2D eigenvalue weighted by Crippen LogP contribution is 2.55. The van der Waals surface area contributed by atoms with E-state index in [9.17, 15) is 23.6 Å². The normalized spacial score (nSPS) is 27.4. The Morgan fingerprint density at radius 2 is 1.88 bits per heavy atom. The number of benzene rings is 2. The van der Waals surface area contributed by atoms with Gasteiger partial charge in [0.15, 0.2) is 0 Å². The van der Waals surface area contributed by atoms with Crippen LogP contribution >= 0.6 is 23.2 Å². The van der Waals surface area contributed by atoms with Crippen LogP contribution in [0.2, 0.25) is 10.0 Å². The summed E-state index contributed by atoms with van der Waals surface area (Å²) in [6, 6.07) is 6.13. The van der Waals surface area contributed by atoms with E-state index in [0.717, 1.165) is 11.0 Å². The molecule has 0 aliphatic carbocycles. The van der Waals surface area contributed by atoms with E-state index in [4.69, 9.17) is 28.9 Å². The summed E-state index contributed by atoms with van der Waals surface area (Å²) in [5.74, 6) is -5.02. The quantitative estimate of drug-likeness (QED) is 0.552. The van der Waals surface area contributed by atoms with Crippen LogP contribution in [-0.4, -0.2) is 29.7 Å². The fourth-order valence-electron chi connectivity index (χ4n) is 5.41. The van der Waals surface area contributed by atoms with Crippen LogP contribution in [0.5, 0.6) is 0 Å². The number of fused-ring (bicyclic) bond motifs is 4. The van der Waals surface area contributed by atoms with Crippen molar-refractivity contribution in [1.29, 1.82) is 0 Å². The smallest absolute Gasteiger partial charge is 0.250 e. The van der Waals surface area contributed by atoms with Gasteiger partial charge in [-0.3, -0.25) is 24.5 Å². The Labute approximate surface area is 203 Å². The molecule has 4 atom stereocenters. The number of nitrogens with one attached hydrogen (secondary N) is 2. The second-order valence-corrected chi connectivity index (χ2v) is 9.54. The molecule has 34 heavy (non-hydrogen) atoms. The Balaban J connectivity index is 1.67. The molecule has 0 radical (unpaired) electrons. The molecule has 4 amide bonds. The molecule has 2 aromatic carbocycles. The Morgan fingerprint density at radius 3 is 2.56 bits per heavy atom. The molecule has 3 heterocycles. The standard InChI is InChI=1S/C23H19Cl2FN4O4/c1-9-12(24)4-3-11-19(9)28-22(34)23(11)18-17(15(29-23)6-7-16(27)31)20(32)30(21(18)33)10-2-5-14(26)13(25)8-10/h2-5,8,15,17-18,29H,6-7H2,1H3,(H2,27,31)(H,28,34). The van der Waals surface area contributed by atoms with Gasteiger partial charge >= 0.3 is 0 Å². The van der Waals surface area contributed by atoms with Crippen molar-refractivity contribution in [3.8, 4) is 0 Å². The predicted octanol–water partition coefficient (Wildman–Crippen LogP) is 2.63. The van der Waals surface area contributed by atoms with Crippen LogP contribution in [0.25, 0.3) is 0 Å². The molecule has 2 saturated heterocycles. The molecule has 2 aromatic rings. The maximum absolute atomic E-state index is 13.8. The number of hydrogen-bond donors (Lipinski definition) is 3. The van der Waals surface area contributed by atoms with Gasteiger partial charge in [0.2, 0.25) is 23.6 Å². The highest BCUT2D eigenvalue weighted by molar-refractivity contribution is 6.33. The maximum Gasteiger partial charge on any atom is 0.250 e. The SMILES string of the molecule is Cc1c(Cl)ccc2c1NC(=O)C21NC(CCC(N)=O)C2C(=O)N(c3ccc(F)c(Cl)c3)C(=O)C21. The van der Waals surface area contributed by atoms with E-state index in [1.165, 1.54) is 12.1 Å². The molecule has 0 bridgehead atoms. The maximum atomic E-state index is 13.8. The number of primary amides is 1. The summed E-state index contributed by atoms with van der Waals surface area (Å²) in [5.41, 5.74) is 5.48. The van der Waals surface area contributed by atoms with Crippen molar-refractivity contribution in [2.75, 3.05) is 10.2 Å². The predicted molar refractivity (Wildman–Crippen MR) is 123 cm³/mol. The summed E-state index contributed by atoms with van der Waals surface area (Å²) in [6.07, 6.45) is 0.0966. The first-order chi connectivity index (χ1) is 16.1. The van der Waals surface area contributed by atoms with Crippen molar-refractivity contribution in [3.63, 3.8) is 0 Å². The van der Waals surface area contributed by atoms with Crippen molar-refractivity contribution in [1.82, 2.24) is 5.32 Å². The third-order valence-electron chi connectivity index (χ3n) is 6.95. The van der Waals surface area contributed by atoms with Crippen molar-refractivity contribution in [3.05, 3.63) is 57.3 Å². The summed E-state index contributed by atoms with van der Waals surface area (Å²) in [5, 5.41) is 6.22. The van der Waals surface area contributed by atoms with Crippen molar-refractivity contribution in [2.24, 2.45) is 17.6 Å². The van der Waals surface area contributed by atoms with Crippen LogP contribution in [-0.2, 0) is 24.7 Å². The first kappa shape index (κ1) is 22.8. The first-order valence-corrected chi connectivity index (χ1v) is 11.3. The van der Waals surface area contributed by atoms with Crippen LogP contribution in [0.15, 0.2) is 30.3 Å². The fraction of sp³-hybridized carbons (Fsp3) is 0.304. The van der Waals surface area contributed by atoms with Gasteiger partial charge in [-0.2, -0.15) is 0 Å². The number of hydrogen-bond acceptors (Lipinski definition) is 5. The lowest BCUT2D eigenvalue weighted by molar-refractivity contribution is -0.130. The van der Waals surface area contributed by atoms with E-state index in [2.05, 4.69) is 10.6 Å². The van der Waals surface area contributed by atoms with Gasteiger partial charge in [-0.25, -0.2) is 9.29 Å². The topological polar surface area (TPSA) is 122 Å². The molecule has 2 fully saturated rings. The fourth-order valence-corrected chi connectivity index (χ4v) is 5.75. The molecule has 176 valence electrons. The molecule has 11 heteroatoms. The summed E-state index contributed by atoms with van der Waals surface area (Å²) in [6.45, 7) is 1.74. The number of anilines is 2. The molecule has 3 aliphatic heterocycles. The van der Waals surface area contributed by atoms with Gasteiger partial charge in [0, 0.05) is 23.0 Å². The minimum Gasteiger partial charge on any atom is -0.370 e. The third-order valence-corrected chi connectivity index (χ3v) is 7.65. The van der Waals surface area contributed by atoms with Crippen LogP contribution in [0.3, 0.4) is 0 Å². The number of nitrogens with zero attached hydrogens (tertiary/aromatic N) is 1. The zero-order chi connectivity index (χ0) is 24.5. The third kappa shape index (κ3) is 3.00. The van der Waals surface area contributed by atoms with E-state index >= 15 is 0 Å². The number of rotatable bonds is 4. The molecule has 8 nitrogen and oxygen atoms in total. The molecular formula is C23H19Cl2FN4O4. The average Bonchev–Trinajstić information content (AvgIpc) is 3.36. The summed E-state index contributed by atoms with van der Waals surface area (Å²) >= 11 is 12.1. The van der Waals surface area contributed by atoms with Gasteiger partial charge < -0.3 is 11.1 Å². The summed E-state index contributed by atoms with van der Waals surface area (Å²) in [4.78, 5) is 53.3. The van der Waals surface area contributed by atoms with E-state index in [1.807, 2.05) is 0 Å².